The van der Waals surface area contributed by atoms with Crippen molar-refractivity contribution < 1.29 is 14.0 Å². The third kappa shape index (κ3) is 3.48. The largest absolute Gasteiger partial charge is 0.361 e. The number of carbonyl (C=O) groups excluding carboxylic acids is 2. The van der Waals surface area contributed by atoms with E-state index < -0.39 is 5.54 Å². The maximum atomic E-state index is 15.4. The molecule has 7 rings (SSSR count). The van der Waals surface area contributed by atoms with Crippen LogP contribution in [0.25, 0.3) is 22.0 Å². The minimum absolute atomic E-state index is 0.0288. The van der Waals surface area contributed by atoms with E-state index in [0.717, 1.165) is 55.1 Å². The Morgan fingerprint density at radius 1 is 1.09 bits per heavy atom. The smallest absolute Gasteiger partial charge is 0.256 e. The third-order valence-electron chi connectivity index (χ3n) is 8.00. The minimum Gasteiger partial charge on any atom is -0.361 e. The van der Waals surface area contributed by atoms with Crippen LogP contribution < -0.4 is 0 Å². The van der Waals surface area contributed by atoms with Crippen LogP contribution in [-0.4, -0.2) is 57.6 Å². The highest BCUT2D eigenvalue weighted by Gasteiger charge is 2.57. The summed E-state index contributed by atoms with van der Waals surface area (Å²) in [5, 5.41) is 1.08. The number of hydrogen-bond acceptors (Lipinski definition) is 3. The van der Waals surface area contributed by atoms with Crippen molar-refractivity contribution in [3.05, 3.63) is 60.0 Å². The van der Waals surface area contributed by atoms with E-state index in [-0.39, 0.29) is 29.5 Å². The highest BCUT2D eigenvalue weighted by atomic mass is 19.1. The first-order valence-corrected chi connectivity index (χ1v) is 12.6. The van der Waals surface area contributed by atoms with Crippen molar-refractivity contribution in [2.75, 3.05) is 19.6 Å². The van der Waals surface area contributed by atoms with E-state index in [1.165, 1.54) is 6.07 Å². The standard InChI is InChI=1S/C28H27FN4O2/c29-23-13-21(5-6-22(23)20-4-1-18-7-11-30-24(18)14-20)25-31-28(9-10-28)27(35)33(25)16-17-8-12-32(15-17)26(34)19-2-3-19/h1,4-7,11,13-14,17,19,30H,2-3,8-10,12,15-16H2. The first-order valence-electron chi connectivity index (χ1n) is 12.6. The number of amidine groups is 1. The highest BCUT2D eigenvalue weighted by Crippen LogP contribution is 2.46. The van der Waals surface area contributed by atoms with Crippen molar-refractivity contribution in [1.82, 2.24) is 14.8 Å². The van der Waals surface area contributed by atoms with E-state index in [4.69, 9.17) is 4.99 Å². The Hall–Kier alpha value is -3.48. The molecule has 2 aromatic carbocycles. The molecule has 1 saturated heterocycles. The fraction of sp³-hybridized carbons (Fsp3) is 0.393. The van der Waals surface area contributed by atoms with Crippen molar-refractivity contribution in [2.45, 2.75) is 37.6 Å². The molecule has 178 valence electrons. The summed E-state index contributed by atoms with van der Waals surface area (Å²) in [7, 11) is 0. The molecule has 1 aromatic heterocycles. The summed E-state index contributed by atoms with van der Waals surface area (Å²) in [4.78, 5) is 37.5. The number of nitrogens with one attached hydrogen (secondary N) is 1. The topological polar surface area (TPSA) is 68.8 Å². The Morgan fingerprint density at radius 3 is 2.69 bits per heavy atom. The maximum Gasteiger partial charge on any atom is 0.256 e. The lowest BCUT2D eigenvalue weighted by Crippen LogP contribution is -2.41. The Morgan fingerprint density at radius 2 is 1.91 bits per heavy atom. The van der Waals surface area contributed by atoms with Gasteiger partial charge < -0.3 is 9.88 Å². The van der Waals surface area contributed by atoms with E-state index in [2.05, 4.69) is 4.98 Å². The van der Waals surface area contributed by atoms with Gasteiger partial charge in [0, 0.05) is 48.4 Å². The zero-order chi connectivity index (χ0) is 23.7. The Labute approximate surface area is 202 Å². The molecule has 35 heavy (non-hydrogen) atoms. The molecule has 2 amide bonds. The lowest BCUT2D eigenvalue weighted by Gasteiger charge is -2.24. The van der Waals surface area contributed by atoms with Crippen molar-refractivity contribution in [2.24, 2.45) is 16.8 Å². The number of amides is 2. The molecule has 2 aliphatic heterocycles. The molecule has 1 atom stereocenters. The van der Waals surface area contributed by atoms with E-state index in [1.807, 2.05) is 41.4 Å². The number of aromatic nitrogens is 1. The molecule has 2 aliphatic carbocycles. The van der Waals surface area contributed by atoms with Crippen LogP contribution in [0, 0.1) is 17.7 Å². The Kier molecular flexibility index (Phi) is 4.47. The van der Waals surface area contributed by atoms with Gasteiger partial charge in [-0.05, 0) is 67.2 Å². The number of halogens is 1. The van der Waals surface area contributed by atoms with Gasteiger partial charge in [0.05, 0.1) is 0 Å². The molecule has 2 saturated carbocycles. The van der Waals surface area contributed by atoms with Crippen LogP contribution in [0.4, 0.5) is 4.39 Å². The number of aromatic amines is 1. The summed E-state index contributed by atoms with van der Waals surface area (Å²) in [6.45, 7) is 1.97. The maximum absolute atomic E-state index is 15.4. The van der Waals surface area contributed by atoms with E-state index in [0.29, 0.717) is 30.1 Å². The summed E-state index contributed by atoms with van der Waals surface area (Å²) >= 11 is 0. The number of nitrogens with zero attached hydrogens (tertiary/aromatic N) is 3. The molecule has 1 spiro atoms. The molecule has 0 radical (unpaired) electrons. The molecule has 7 heteroatoms. The summed E-state index contributed by atoms with van der Waals surface area (Å²) in [6, 6.07) is 13.0. The van der Waals surface area contributed by atoms with Gasteiger partial charge in [-0.15, -0.1) is 0 Å². The number of likely N-dealkylation sites (tertiary alicyclic amines) is 1. The quantitative estimate of drug-likeness (QED) is 0.602. The second-order valence-electron chi connectivity index (χ2n) is 10.6. The van der Waals surface area contributed by atoms with Gasteiger partial charge in [-0.2, -0.15) is 0 Å². The molecule has 3 heterocycles. The summed E-state index contributed by atoms with van der Waals surface area (Å²) in [5.41, 5.74) is 2.27. The van der Waals surface area contributed by atoms with Crippen LogP contribution in [0.2, 0.25) is 0 Å². The molecule has 3 aromatic rings. The molecular weight excluding hydrogens is 443 g/mol. The van der Waals surface area contributed by atoms with Crippen LogP contribution in [0.15, 0.2) is 53.7 Å². The van der Waals surface area contributed by atoms with E-state index in [9.17, 15) is 9.59 Å². The summed E-state index contributed by atoms with van der Waals surface area (Å²) in [6.07, 6.45) is 6.27. The number of carbonyl (C=O) groups is 2. The lowest BCUT2D eigenvalue weighted by molar-refractivity contribution is -0.131. The number of hydrogen-bond donors (Lipinski definition) is 1. The van der Waals surface area contributed by atoms with E-state index in [1.54, 1.807) is 11.0 Å². The van der Waals surface area contributed by atoms with Gasteiger partial charge in [0.2, 0.25) is 5.91 Å². The average Bonchev–Trinajstić information content (AvgIpc) is 3.74. The fourth-order valence-corrected chi connectivity index (χ4v) is 5.62. The second-order valence-corrected chi connectivity index (χ2v) is 10.6. The van der Waals surface area contributed by atoms with Crippen LogP contribution in [0.1, 0.15) is 37.7 Å². The number of aliphatic imine (C=N–C) groups is 1. The third-order valence-corrected chi connectivity index (χ3v) is 8.00. The normalized spacial score (nSPS) is 22.9. The van der Waals surface area contributed by atoms with Gasteiger partial charge in [0.1, 0.15) is 17.2 Å². The predicted molar refractivity (Wildman–Crippen MR) is 131 cm³/mol. The van der Waals surface area contributed by atoms with Gasteiger partial charge in [0.15, 0.2) is 0 Å². The highest BCUT2D eigenvalue weighted by molar-refractivity contribution is 6.16. The number of rotatable bonds is 5. The number of H-pyrrole nitrogens is 1. The molecule has 6 nitrogen and oxygen atoms in total. The lowest BCUT2D eigenvalue weighted by atomic mass is 10.0. The zero-order valence-corrected chi connectivity index (χ0v) is 19.5. The molecule has 0 bridgehead atoms. The molecule has 3 fully saturated rings. The predicted octanol–water partition coefficient (Wildman–Crippen LogP) is 4.35. The van der Waals surface area contributed by atoms with Gasteiger partial charge >= 0.3 is 0 Å². The Bertz CT molecular complexity index is 1400. The van der Waals surface area contributed by atoms with Crippen molar-refractivity contribution in [3.8, 4) is 11.1 Å². The molecular formula is C28H27FN4O2. The van der Waals surface area contributed by atoms with Crippen LogP contribution in [0.5, 0.6) is 0 Å². The second kappa shape index (κ2) is 7.51. The number of benzene rings is 2. The first kappa shape index (κ1) is 20.9. The van der Waals surface area contributed by atoms with Gasteiger partial charge in [-0.3, -0.25) is 19.5 Å². The van der Waals surface area contributed by atoms with E-state index >= 15 is 4.39 Å². The van der Waals surface area contributed by atoms with Crippen molar-refractivity contribution in [3.63, 3.8) is 0 Å². The Balaban J connectivity index is 1.15. The number of fused-ring (bicyclic) bond motifs is 1. The molecule has 1 unspecified atom stereocenters. The average molecular weight is 471 g/mol. The first-order chi connectivity index (χ1) is 17.0. The van der Waals surface area contributed by atoms with Gasteiger partial charge in [0.25, 0.3) is 5.91 Å². The summed E-state index contributed by atoms with van der Waals surface area (Å²) in [5.74, 6) is 0.974. The van der Waals surface area contributed by atoms with Crippen molar-refractivity contribution in [1.29, 1.82) is 0 Å². The zero-order valence-electron chi connectivity index (χ0n) is 19.5. The molecule has 4 aliphatic rings. The fourth-order valence-electron chi connectivity index (χ4n) is 5.62. The van der Waals surface area contributed by atoms with Crippen LogP contribution in [0.3, 0.4) is 0 Å². The molecule has 1 N–H and O–H groups in total. The minimum atomic E-state index is -0.648. The SMILES string of the molecule is O=C(C1CC1)N1CCC(CN2C(=O)C3(CC3)N=C2c2ccc(-c3ccc4cc[nH]c4c3)c(F)c2)C1. The van der Waals surface area contributed by atoms with Crippen LogP contribution in [-0.2, 0) is 9.59 Å². The van der Waals surface area contributed by atoms with Gasteiger partial charge in [-0.25, -0.2) is 4.39 Å². The van der Waals surface area contributed by atoms with Crippen LogP contribution >= 0.6 is 0 Å². The van der Waals surface area contributed by atoms with Gasteiger partial charge in [-0.1, -0.05) is 24.3 Å². The monoisotopic (exact) mass is 470 g/mol. The summed E-state index contributed by atoms with van der Waals surface area (Å²) < 4.78 is 15.4. The van der Waals surface area contributed by atoms with Crippen molar-refractivity contribution >= 4 is 28.6 Å².